The van der Waals surface area contributed by atoms with Crippen molar-refractivity contribution < 1.29 is 38.2 Å². The quantitative estimate of drug-likeness (QED) is 0.192. The molecule has 6 N–H and O–H groups in total. The van der Waals surface area contributed by atoms with E-state index in [4.69, 9.17) is 25.7 Å². The van der Waals surface area contributed by atoms with Gasteiger partial charge in [0, 0.05) is 12.6 Å². The first kappa shape index (κ1) is 35.0. The number of hydrogen-bond donors (Lipinski definition) is 4. The van der Waals surface area contributed by atoms with Crippen LogP contribution in [0.3, 0.4) is 0 Å². The van der Waals surface area contributed by atoms with Gasteiger partial charge < -0.3 is 36.3 Å². The molecule has 2 heterocycles. The van der Waals surface area contributed by atoms with Crippen LogP contribution in [0.25, 0.3) is 0 Å². The van der Waals surface area contributed by atoms with Crippen LogP contribution < -0.4 is 22.1 Å². The molecule has 3 rings (SSSR count). The minimum Gasteiger partial charge on any atom is -0.461 e. The second-order valence-corrected chi connectivity index (χ2v) is 12.0. The number of aromatic nitrogens is 2. The number of nitrogens with zero attached hydrogens (tertiary/aromatic N) is 3. The molecule has 1 aromatic heterocycles. The van der Waals surface area contributed by atoms with Crippen LogP contribution in [0.5, 0.6) is 0 Å². The normalized spacial score (nSPS) is 18.4. The Balaban J connectivity index is 1.99. The van der Waals surface area contributed by atoms with E-state index in [1.54, 1.807) is 65.1 Å². The molecule has 1 aromatic carbocycles. The first-order valence-corrected chi connectivity index (χ1v) is 15.4. The Hall–Kier alpha value is -4.44. The number of carbonyl (C=O) groups excluding carboxylic acids is 5. The number of ether oxygens (including phenoxy) is 3. The van der Waals surface area contributed by atoms with E-state index in [9.17, 15) is 24.0 Å². The van der Waals surface area contributed by atoms with E-state index in [-0.39, 0.29) is 30.5 Å². The van der Waals surface area contributed by atoms with Gasteiger partial charge in [-0.3, -0.25) is 9.59 Å². The smallest absolute Gasteiger partial charge is 0.417 e. The van der Waals surface area contributed by atoms with Crippen LogP contribution >= 0.6 is 11.8 Å². The summed E-state index contributed by atoms with van der Waals surface area (Å²) in [4.78, 5) is 74.0. The zero-order valence-corrected chi connectivity index (χ0v) is 26.8. The molecule has 0 aliphatic carbocycles. The molecule has 1 aliphatic rings. The standard InChI is InChI=1S/C29H39N7O8S/c1-7-42-26(39)17-13-19(30)35-24(33-17)20(32-14-18(23(31)37)34-27(40)44-29(3,4)5)22(45-6)25(38)36-15(2)21(43-28(36)41)16-11-9-8-10-12-16/h8-13,15,18,20-22,32H,7,14H2,1-6H3,(H2,31,37)(H,34,40)(H2,30,33,35)/t15-,18-,20+,21-,22-/m0/s1. The summed E-state index contributed by atoms with van der Waals surface area (Å²) in [6.07, 6.45) is -0.831. The molecule has 1 aliphatic heterocycles. The van der Waals surface area contributed by atoms with E-state index >= 15 is 0 Å². The van der Waals surface area contributed by atoms with Crippen molar-refractivity contribution in [3.05, 3.63) is 53.5 Å². The summed E-state index contributed by atoms with van der Waals surface area (Å²) in [6, 6.07) is 7.05. The van der Waals surface area contributed by atoms with E-state index in [2.05, 4.69) is 20.6 Å². The third-order valence-corrected chi connectivity index (χ3v) is 7.52. The minimum absolute atomic E-state index is 0.0693. The molecule has 5 atom stereocenters. The first-order valence-electron chi connectivity index (χ1n) is 14.1. The molecule has 45 heavy (non-hydrogen) atoms. The predicted octanol–water partition coefficient (Wildman–Crippen LogP) is 2.09. The first-order chi connectivity index (χ1) is 21.2. The average molecular weight is 646 g/mol. The van der Waals surface area contributed by atoms with Crippen LogP contribution in [0.15, 0.2) is 36.4 Å². The molecule has 16 heteroatoms. The van der Waals surface area contributed by atoms with Gasteiger partial charge in [-0.05, 0) is 46.4 Å². The highest BCUT2D eigenvalue weighted by molar-refractivity contribution is 8.00. The molecule has 0 spiro atoms. The Bertz CT molecular complexity index is 1400. The molecule has 244 valence electrons. The number of thioether (sulfide) groups is 1. The number of amides is 4. The van der Waals surface area contributed by atoms with Crippen LogP contribution in [0.1, 0.15) is 68.6 Å². The lowest BCUT2D eigenvalue weighted by Crippen LogP contribution is -2.54. The second kappa shape index (κ2) is 15.0. The zero-order valence-electron chi connectivity index (χ0n) is 25.9. The zero-order chi connectivity index (χ0) is 33.5. The Kier molecular flexibility index (Phi) is 11.7. The lowest BCUT2D eigenvalue weighted by Gasteiger charge is -2.30. The van der Waals surface area contributed by atoms with Crippen molar-refractivity contribution in [2.75, 3.05) is 25.1 Å². The highest BCUT2D eigenvalue weighted by Gasteiger charge is 2.47. The molecule has 1 fully saturated rings. The van der Waals surface area contributed by atoms with Crippen LogP contribution in [0.4, 0.5) is 15.4 Å². The Morgan fingerprint density at radius 2 is 1.82 bits per heavy atom. The number of esters is 1. The number of primary amides is 1. The van der Waals surface area contributed by atoms with Crippen molar-refractivity contribution in [2.45, 2.75) is 69.7 Å². The average Bonchev–Trinajstić information content (AvgIpc) is 3.26. The molecule has 4 amide bonds. The number of nitrogens with one attached hydrogen (secondary N) is 2. The van der Waals surface area contributed by atoms with Crippen LogP contribution in [0, 0.1) is 0 Å². The van der Waals surface area contributed by atoms with E-state index in [1.807, 2.05) is 6.07 Å². The maximum atomic E-state index is 14.1. The maximum Gasteiger partial charge on any atom is 0.417 e. The number of cyclic esters (lactones) is 1. The van der Waals surface area contributed by atoms with Gasteiger partial charge >= 0.3 is 18.2 Å². The molecule has 1 saturated heterocycles. The topological polar surface area (TPSA) is 218 Å². The Morgan fingerprint density at radius 1 is 1.16 bits per heavy atom. The van der Waals surface area contributed by atoms with Crippen molar-refractivity contribution in [3.8, 4) is 0 Å². The van der Waals surface area contributed by atoms with Crippen molar-refractivity contribution in [2.24, 2.45) is 5.73 Å². The van der Waals surface area contributed by atoms with Crippen LogP contribution in [-0.4, -0.2) is 87.2 Å². The second-order valence-electron chi connectivity index (χ2n) is 11.1. The van der Waals surface area contributed by atoms with Gasteiger partial charge in [-0.15, -0.1) is 11.8 Å². The SMILES string of the molecule is CCOC(=O)c1cc(N)nc([C@H](NC[C@H](NC(=O)OC(C)(C)C)C(N)=O)[C@H](SC)C(=O)N2C(=O)O[C@H](c3ccccc3)[C@@H]2C)n1. The number of nitrogens with two attached hydrogens (primary N) is 2. The van der Waals surface area contributed by atoms with Gasteiger partial charge in [-0.25, -0.2) is 29.3 Å². The Labute approximate surface area is 265 Å². The number of alkyl carbamates (subject to hydrolysis) is 1. The molecular formula is C29H39N7O8S. The summed E-state index contributed by atoms with van der Waals surface area (Å²) in [5, 5.41) is 4.29. The molecule has 0 saturated carbocycles. The summed E-state index contributed by atoms with van der Waals surface area (Å²) < 4.78 is 15.9. The summed E-state index contributed by atoms with van der Waals surface area (Å²) in [5.74, 6) is -2.54. The van der Waals surface area contributed by atoms with Crippen molar-refractivity contribution in [1.82, 2.24) is 25.5 Å². The highest BCUT2D eigenvalue weighted by Crippen LogP contribution is 2.35. The van der Waals surface area contributed by atoms with E-state index in [0.29, 0.717) is 5.56 Å². The summed E-state index contributed by atoms with van der Waals surface area (Å²) in [5.41, 5.74) is 11.3. The van der Waals surface area contributed by atoms with Gasteiger partial charge in [-0.2, -0.15) is 0 Å². The van der Waals surface area contributed by atoms with Crippen molar-refractivity contribution >= 4 is 47.5 Å². The number of imide groups is 1. The third kappa shape index (κ3) is 9.04. The van der Waals surface area contributed by atoms with Gasteiger partial charge in [0.05, 0.1) is 18.7 Å². The van der Waals surface area contributed by atoms with Gasteiger partial charge in [0.15, 0.2) is 5.69 Å². The Morgan fingerprint density at radius 3 is 2.40 bits per heavy atom. The summed E-state index contributed by atoms with van der Waals surface area (Å²) in [6.45, 7) is 8.02. The monoisotopic (exact) mass is 645 g/mol. The summed E-state index contributed by atoms with van der Waals surface area (Å²) >= 11 is 1.05. The maximum absolute atomic E-state index is 14.1. The predicted molar refractivity (Wildman–Crippen MR) is 165 cm³/mol. The minimum atomic E-state index is -1.30. The van der Waals surface area contributed by atoms with E-state index in [1.165, 1.54) is 6.07 Å². The number of anilines is 1. The molecule has 0 radical (unpaired) electrons. The number of carbonyl (C=O) groups is 5. The van der Waals surface area contributed by atoms with Crippen LogP contribution in [0.2, 0.25) is 0 Å². The molecular weight excluding hydrogens is 606 g/mol. The van der Waals surface area contributed by atoms with Gasteiger partial charge in [0.1, 0.15) is 34.6 Å². The molecule has 0 bridgehead atoms. The lowest BCUT2D eigenvalue weighted by atomic mass is 10.0. The van der Waals surface area contributed by atoms with Crippen molar-refractivity contribution in [3.63, 3.8) is 0 Å². The molecule has 15 nitrogen and oxygen atoms in total. The lowest BCUT2D eigenvalue weighted by molar-refractivity contribution is -0.129. The summed E-state index contributed by atoms with van der Waals surface area (Å²) in [7, 11) is 0. The van der Waals surface area contributed by atoms with Gasteiger partial charge in [-0.1, -0.05) is 30.3 Å². The number of benzene rings is 1. The van der Waals surface area contributed by atoms with Crippen LogP contribution in [-0.2, 0) is 23.8 Å². The number of hydrogen-bond acceptors (Lipinski definition) is 13. The van der Waals surface area contributed by atoms with Gasteiger partial charge in [0.25, 0.3) is 0 Å². The van der Waals surface area contributed by atoms with Gasteiger partial charge in [0.2, 0.25) is 11.8 Å². The number of rotatable bonds is 12. The number of nitrogen functional groups attached to an aromatic ring is 1. The largest absolute Gasteiger partial charge is 0.461 e. The fourth-order valence-electron chi connectivity index (χ4n) is 4.55. The molecule has 2 aromatic rings. The third-order valence-electron chi connectivity index (χ3n) is 6.54. The highest BCUT2D eigenvalue weighted by atomic mass is 32.2. The van der Waals surface area contributed by atoms with Crippen molar-refractivity contribution in [1.29, 1.82) is 0 Å². The fourth-order valence-corrected chi connectivity index (χ4v) is 5.35. The fraction of sp³-hybridized carbons (Fsp3) is 0.483. The van der Waals surface area contributed by atoms with E-state index < -0.39 is 65.1 Å². The molecule has 0 unspecified atom stereocenters. The van der Waals surface area contributed by atoms with E-state index in [0.717, 1.165) is 16.7 Å².